The van der Waals surface area contributed by atoms with Crippen LogP contribution >= 0.6 is 0 Å². The summed E-state index contributed by atoms with van der Waals surface area (Å²) in [4.78, 5) is 27.1. The number of rotatable bonds is 9. The molecule has 2 aromatic carbocycles. The molecule has 1 aromatic heterocycles. The minimum atomic E-state index is -0.625. The molecule has 8 heteroatoms. The van der Waals surface area contributed by atoms with Gasteiger partial charge in [-0.05, 0) is 95.1 Å². The average molecular weight is 521 g/mol. The minimum Gasteiger partial charge on any atom is -0.469 e. The lowest BCUT2D eigenvalue weighted by Gasteiger charge is -2.44. The van der Waals surface area contributed by atoms with Crippen LogP contribution in [0.5, 0.6) is 0 Å². The van der Waals surface area contributed by atoms with E-state index in [-0.39, 0.29) is 35.3 Å². The second-order valence-corrected chi connectivity index (χ2v) is 10.4. The van der Waals surface area contributed by atoms with Gasteiger partial charge in [-0.25, -0.2) is 9.40 Å². The lowest BCUT2D eigenvalue weighted by Crippen LogP contribution is -2.50. The Balaban J connectivity index is 1.76. The molecule has 1 fully saturated rings. The summed E-state index contributed by atoms with van der Waals surface area (Å²) in [5.74, 6) is -0.288. The molecule has 3 aromatic rings. The number of carbonyl (C=O) groups is 2. The van der Waals surface area contributed by atoms with Crippen molar-refractivity contribution >= 4 is 23.2 Å². The van der Waals surface area contributed by atoms with E-state index < -0.39 is 11.7 Å². The SMILES string of the molecule is CC(C)N(C(=O)c1ccc(N(c2cc(C(N)=O)ccc2F)N2CCCCC2Cc2ccco2)cc1)C(C)C. The van der Waals surface area contributed by atoms with Crippen molar-refractivity contribution in [1.82, 2.24) is 9.91 Å². The summed E-state index contributed by atoms with van der Waals surface area (Å²) in [6, 6.07) is 15.4. The van der Waals surface area contributed by atoms with Gasteiger partial charge in [-0.2, -0.15) is 0 Å². The third-order valence-electron chi connectivity index (χ3n) is 7.03. The third-order valence-corrected chi connectivity index (χ3v) is 7.03. The zero-order chi connectivity index (χ0) is 27.4. The van der Waals surface area contributed by atoms with E-state index in [0.717, 1.165) is 25.0 Å². The number of hydrazine groups is 1. The Bertz CT molecular complexity index is 1230. The standard InChI is InChI=1S/C30H37FN4O3/c1-20(2)34(21(3)4)30(37)22-10-13-24(14-11-22)35(28-18-23(29(32)36)12-15-27(28)31)33-16-6-5-8-25(33)19-26-9-7-17-38-26/h7,9-15,17-18,20-21,25H,5-6,8,16,19H2,1-4H3,(H2,32,36). The number of piperidine rings is 1. The topological polar surface area (TPSA) is 83.0 Å². The summed E-state index contributed by atoms with van der Waals surface area (Å²) < 4.78 is 21.0. The van der Waals surface area contributed by atoms with Crippen molar-refractivity contribution in [2.75, 3.05) is 11.6 Å². The first-order chi connectivity index (χ1) is 18.2. The first-order valence-corrected chi connectivity index (χ1v) is 13.3. The number of amides is 2. The minimum absolute atomic E-state index is 0.0465. The van der Waals surface area contributed by atoms with Gasteiger partial charge in [-0.3, -0.25) is 14.6 Å². The molecule has 7 nitrogen and oxygen atoms in total. The predicted molar refractivity (Wildman–Crippen MR) is 147 cm³/mol. The molecule has 2 N–H and O–H groups in total. The quantitative estimate of drug-likeness (QED) is 0.378. The number of nitrogens with zero attached hydrogens (tertiary/aromatic N) is 3. The fourth-order valence-corrected chi connectivity index (χ4v) is 5.33. The van der Waals surface area contributed by atoms with Gasteiger partial charge in [-0.15, -0.1) is 0 Å². The van der Waals surface area contributed by atoms with Crippen molar-refractivity contribution in [3.63, 3.8) is 0 Å². The van der Waals surface area contributed by atoms with Crippen LogP contribution in [0.15, 0.2) is 65.3 Å². The molecule has 38 heavy (non-hydrogen) atoms. The van der Waals surface area contributed by atoms with E-state index in [0.29, 0.717) is 24.2 Å². The van der Waals surface area contributed by atoms with Gasteiger partial charge in [0.15, 0.2) is 0 Å². The van der Waals surface area contributed by atoms with Gasteiger partial charge in [0, 0.05) is 42.2 Å². The second kappa shape index (κ2) is 11.8. The van der Waals surface area contributed by atoms with Crippen LogP contribution in [0.25, 0.3) is 0 Å². The van der Waals surface area contributed by atoms with Crippen molar-refractivity contribution in [2.45, 2.75) is 71.5 Å². The number of hydrogen-bond acceptors (Lipinski definition) is 5. The van der Waals surface area contributed by atoms with E-state index in [1.807, 2.05) is 61.9 Å². The Hall–Kier alpha value is -3.65. The summed E-state index contributed by atoms with van der Waals surface area (Å²) in [6.07, 6.45) is 5.21. The molecule has 0 radical (unpaired) electrons. The zero-order valence-corrected chi connectivity index (χ0v) is 22.6. The van der Waals surface area contributed by atoms with Gasteiger partial charge in [-0.1, -0.05) is 6.42 Å². The van der Waals surface area contributed by atoms with Crippen LogP contribution in [0.3, 0.4) is 0 Å². The van der Waals surface area contributed by atoms with Gasteiger partial charge >= 0.3 is 0 Å². The molecule has 2 amide bonds. The summed E-state index contributed by atoms with van der Waals surface area (Å²) in [5.41, 5.74) is 7.26. The van der Waals surface area contributed by atoms with E-state index >= 15 is 4.39 Å². The highest BCUT2D eigenvalue weighted by Gasteiger charge is 2.32. The fourth-order valence-electron chi connectivity index (χ4n) is 5.33. The summed E-state index contributed by atoms with van der Waals surface area (Å²) in [5, 5.41) is 3.96. The van der Waals surface area contributed by atoms with Crippen LogP contribution in [0.4, 0.5) is 15.8 Å². The van der Waals surface area contributed by atoms with Crippen LogP contribution in [0.1, 0.15) is 73.4 Å². The highest BCUT2D eigenvalue weighted by molar-refractivity contribution is 5.95. The van der Waals surface area contributed by atoms with Gasteiger partial charge in [0.1, 0.15) is 11.6 Å². The van der Waals surface area contributed by atoms with Crippen molar-refractivity contribution in [3.05, 3.63) is 83.6 Å². The van der Waals surface area contributed by atoms with Crippen molar-refractivity contribution < 1.29 is 18.4 Å². The molecule has 0 aliphatic carbocycles. The molecule has 1 aliphatic rings. The Morgan fingerprint density at radius 3 is 2.32 bits per heavy atom. The van der Waals surface area contributed by atoms with Crippen LogP contribution in [-0.4, -0.2) is 46.4 Å². The number of carbonyl (C=O) groups excluding carboxylic acids is 2. The van der Waals surface area contributed by atoms with Crippen LogP contribution in [0.2, 0.25) is 0 Å². The second-order valence-electron chi connectivity index (χ2n) is 10.4. The normalized spacial score (nSPS) is 16.1. The number of anilines is 2. The maximum atomic E-state index is 15.4. The van der Waals surface area contributed by atoms with E-state index in [2.05, 4.69) is 5.01 Å². The molecule has 0 spiro atoms. The smallest absolute Gasteiger partial charge is 0.254 e. The molecular formula is C30H37FN4O3. The number of nitrogens with two attached hydrogens (primary N) is 1. The molecule has 202 valence electrons. The van der Waals surface area contributed by atoms with Crippen LogP contribution in [-0.2, 0) is 6.42 Å². The first-order valence-electron chi connectivity index (χ1n) is 13.3. The molecule has 2 heterocycles. The van der Waals surface area contributed by atoms with Gasteiger partial charge < -0.3 is 15.1 Å². The van der Waals surface area contributed by atoms with Crippen molar-refractivity contribution in [2.24, 2.45) is 5.73 Å². The number of hydrogen-bond donors (Lipinski definition) is 1. The summed E-state index contributed by atoms with van der Waals surface area (Å²) in [7, 11) is 0. The molecule has 4 rings (SSSR count). The predicted octanol–water partition coefficient (Wildman–Crippen LogP) is 5.93. The number of halogens is 1. The number of primary amides is 1. The zero-order valence-electron chi connectivity index (χ0n) is 22.6. The van der Waals surface area contributed by atoms with E-state index in [1.54, 1.807) is 18.4 Å². The number of furan rings is 1. The highest BCUT2D eigenvalue weighted by Crippen LogP contribution is 2.35. The van der Waals surface area contributed by atoms with Gasteiger partial charge in [0.05, 0.1) is 17.6 Å². The van der Waals surface area contributed by atoms with Crippen LogP contribution < -0.4 is 10.7 Å². The summed E-state index contributed by atoms with van der Waals surface area (Å²) in [6.45, 7) is 8.69. The molecule has 0 bridgehead atoms. The lowest BCUT2D eigenvalue weighted by atomic mass is 9.99. The third kappa shape index (κ3) is 5.91. The Kier molecular flexibility index (Phi) is 8.52. The molecule has 0 saturated carbocycles. The maximum absolute atomic E-state index is 15.4. The average Bonchev–Trinajstić information content (AvgIpc) is 3.39. The Morgan fingerprint density at radius 1 is 1.03 bits per heavy atom. The highest BCUT2D eigenvalue weighted by atomic mass is 19.1. The Labute approximate surface area is 224 Å². The maximum Gasteiger partial charge on any atom is 0.254 e. The van der Waals surface area contributed by atoms with E-state index in [9.17, 15) is 9.59 Å². The summed E-state index contributed by atoms with van der Waals surface area (Å²) >= 11 is 0. The van der Waals surface area contributed by atoms with Crippen LogP contribution in [0, 0.1) is 5.82 Å². The molecule has 1 atom stereocenters. The molecule has 1 unspecified atom stereocenters. The molecule has 1 aliphatic heterocycles. The number of benzene rings is 2. The molecule has 1 saturated heterocycles. The first kappa shape index (κ1) is 27.4. The van der Waals surface area contributed by atoms with E-state index in [4.69, 9.17) is 10.2 Å². The van der Waals surface area contributed by atoms with Gasteiger partial charge in [0.2, 0.25) is 5.91 Å². The van der Waals surface area contributed by atoms with Gasteiger partial charge in [0.25, 0.3) is 5.91 Å². The van der Waals surface area contributed by atoms with E-state index in [1.165, 1.54) is 18.2 Å². The lowest BCUT2D eigenvalue weighted by molar-refractivity contribution is 0.0643. The Morgan fingerprint density at radius 2 is 1.71 bits per heavy atom. The molecular weight excluding hydrogens is 483 g/mol. The largest absolute Gasteiger partial charge is 0.469 e. The van der Waals surface area contributed by atoms with Crippen molar-refractivity contribution in [1.29, 1.82) is 0 Å². The van der Waals surface area contributed by atoms with Crippen molar-refractivity contribution in [3.8, 4) is 0 Å². The monoisotopic (exact) mass is 520 g/mol. The fraction of sp³-hybridized carbons (Fsp3) is 0.400.